The topological polar surface area (TPSA) is 55.9 Å². The molecule has 1 aromatic carbocycles. The molecule has 98 valence electrons. The lowest BCUT2D eigenvalue weighted by Gasteiger charge is -2.08. The average molecular weight is 256 g/mol. The molecule has 0 bridgehead atoms. The van der Waals surface area contributed by atoms with Gasteiger partial charge in [-0.15, -0.1) is 0 Å². The number of rotatable bonds is 4. The van der Waals surface area contributed by atoms with Gasteiger partial charge in [-0.3, -0.25) is 4.68 Å². The molecule has 2 aromatic heterocycles. The van der Waals surface area contributed by atoms with Gasteiger partial charge in [0.05, 0.1) is 12.6 Å². The van der Waals surface area contributed by atoms with Crippen molar-refractivity contribution in [2.24, 2.45) is 7.05 Å². The normalized spacial score (nSPS) is 12.9. The molecule has 1 unspecified atom stereocenters. The molecule has 3 aromatic rings. The Kier molecular flexibility index (Phi) is 3.05. The van der Waals surface area contributed by atoms with E-state index in [1.165, 1.54) is 0 Å². The van der Waals surface area contributed by atoms with Crippen LogP contribution in [0.4, 0.5) is 0 Å². The van der Waals surface area contributed by atoms with Crippen LogP contribution in [0.3, 0.4) is 0 Å². The summed E-state index contributed by atoms with van der Waals surface area (Å²) in [6, 6.07) is 10.2. The molecule has 0 aliphatic carbocycles. The third-order valence-electron chi connectivity index (χ3n) is 3.08. The molecular weight excluding hydrogens is 240 g/mol. The van der Waals surface area contributed by atoms with E-state index in [1.54, 1.807) is 11.0 Å². The molecule has 0 aliphatic rings. The van der Waals surface area contributed by atoms with E-state index in [4.69, 9.17) is 4.42 Å². The highest BCUT2D eigenvalue weighted by molar-refractivity contribution is 5.77. The van der Waals surface area contributed by atoms with E-state index in [9.17, 15) is 0 Å². The highest BCUT2D eigenvalue weighted by atomic mass is 16.3. The molecule has 0 saturated carbocycles. The van der Waals surface area contributed by atoms with E-state index in [2.05, 4.69) is 34.5 Å². The lowest BCUT2D eigenvalue weighted by atomic mass is 10.2. The Labute approximate surface area is 111 Å². The van der Waals surface area contributed by atoms with E-state index < -0.39 is 0 Å². The van der Waals surface area contributed by atoms with Crippen molar-refractivity contribution in [2.45, 2.75) is 19.5 Å². The Bertz CT molecular complexity index is 652. The van der Waals surface area contributed by atoms with Crippen LogP contribution >= 0.6 is 0 Å². The Morgan fingerprint density at radius 2 is 2.21 bits per heavy atom. The molecule has 0 amide bonds. The molecule has 0 radical (unpaired) electrons. The summed E-state index contributed by atoms with van der Waals surface area (Å²) in [7, 11) is 1.86. The van der Waals surface area contributed by atoms with Crippen LogP contribution in [0.2, 0.25) is 0 Å². The predicted octanol–water partition coefficient (Wildman–Crippen LogP) is 2.41. The highest BCUT2D eigenvalue weighted by Crippen LogP contribution is 2.23. The first kappa shape index (κ1) is 11.9. The Hall–Kier alpha value is -2.14. The Balaban J connectivity index is 1.71. The number of fused-ring (bicyclic) bond motifs is 1. The summed E-state index contributed by atoms with van der Waals surface area (Å²) in [6.45, 7) is 2.69. The average Bonchev–Trinajstić information content (AvgIpc) is 3.01. The van der Waals surface area contributed by atoms with Gasteiger partial charge in [-0.25, -0.2) is 4.98 Å². The molecule has 0 saturated heterocycles. The van der Waals surface area contributed by atoms with Gasteiger partial charge in [0.1, 0.15) is 17.7 Å². The van der Waals surface area contributed by atoms with Crippen LogP contribution in [0.15, 0.2) is 41.1 Å². The Morgan fingerprint density at radius 1 is 1.37 bits per heavy atom. The summed E-state index contributed by atoms with van der Waals surface area (Å²) in [6.07, 6.45) is 1.70. The standard InChI is InChI=1S/C14H16N4O/c1-10(15-8-14-16-9-18(2)17-14)13-7-11-5-3-4-6-12(11)19-13/h3-7,9-10,15H,8H2,1-2H3. The van der Waals surface area contributed by atoms with Gasteiger partial charge < -0.3 is 9.73 Å². The van der Waals surface area contributed by atoms with Gasteiger partial charge in [-0.05, 0) is 19.1 Å². The highest BCUT2D eigenvalue weighted by Gasteiger charge is 2.11. The largest absolute Gasteiger partial charge is 0.459 e. The molecule has 1 N–H and O–H groups in total. The van der Waals surface area contributed by atoms with E-state index in [0.29, 0.717) is 6.54 Å². The summed E-state index contributed by atoms with van der Waals surface area (Å²) < 4.78 is 7.51. The second-order valence-electron chi connectivity index (χ2n) is 4.62. The second-order valence-corrected chi connectivity index (χ2v) is 4.62. The molecule has 3 rings (SSSR count). The van der Waals surface area contributed by atoms with Crippen molar-refractivity contribution in [3.8, 4) is 0 Å². The van der Waals surface area contributed by atoms with Gasteiger partial charge in [0.25, 0.3) is 0 Å². The third kappa shape index (κ3) is 2.51. The SMILES string of the molecule is CC(NCc1ncn(C)n1)c1cc2ccccc2o1. The molecule has 19 heavy (non-hydrogen) atoms. The minimum absolute atomic E-state index is 0.121. The van der Waals surface area contributed by atoms with E-state index in [1.807, 2.05) is 25.2 Å². The van der Waals surface area contributed by atoms with Gasteiger partial charge in [0, 0.05) is 12.4 Å². The van der Waals surface area contributed by atoms with Crippen LogP contribution in [0.5, 0.6) is 0 Å². The maximum atomic E-state index is 5.81. The summed E-state index contributed by atoms with van der Waals surface area (Å²) >= 11 is 0. The minimum Gasteiger partial charge on any atom is -0.459 e. The predicted molar refractivity (Wildman–Crippen MR) is 72.5 cm³/mol. The number of hydrogen-bond donors (Lipinski definition) is 1. The number of nitrogens with one attached hydrogen (secondary N) is 1. The van der Waals surface area contributed by atoms with Gasteiger partial charge >= 0.3 is 0 Å². The summed E-state index contributed by atoms with van der Waals surface area (Å²) in [5.41, 5.74) is 0.919. The lowest BCUT2D eigenvalue weighted by molar-refractivity contribution is 0.446. The van der Waals surface area contributed by atoms with Gasteiger partial charge in [-0.1, -0.05) is 18.2 Å². The number of aryl methyl sites for hydroxylation is 1. The number of para-hydroxylation sites is 1. The monoisotopic (exact) mass is 256 g/mol. The van der Waals surface area contributed by atoms with Gasteiger partial charge in [0.2, 0.25) is 0 Å². The molecule has 0 spiro atoms. The van der Waals surface area contributed by atoms with Crippen LogP contribution < -0.4 is 5.32 Å². The van der Waals surface area contributed by atoms with Crippen molar-refractivity contribution in [3.05, 3.63) is 48.2 Å². The summed E-state index contributed by atoms with van der Waals surface area (Å²) in [4.78, 5) is 4.18. The fourth-order valence-corrected chi connectivity index (χ4v) is 2.03. The quantitative estimate of drug-likeness (QED) is 0.778. The van der Waals surface area contributed by atoms with Gasteiger partial charge in [0.15, 0.2) is 5.82 Å². The van der Waals surface area contributed by atoms with Crippen LogP contribution in [0, 0.1) is 0 Å². The molecule has 5 nitrogen and oxygen atoms in total. The van der Waals surface area contributed by atoms with Crippen molar-refractivity contribution in [2.75, 3.05) is 0 Å². The van der Waals surface area contributed by atoms with Crippen molar-refractivity contribution < 1.29 is 4.42 Å². The number of benzene rings is 1. The number of nitrogens with zero attached hydrogens (tertiary/aromatic N) is 3. The van der Waals surface area contributed by atoms with Gasteiger partial charge in [-0.2, -0.15) is 5.10 Å². The molecule has 5 heteroatoms. The number of furan rings is 1. The first-order chi connectivity index (χ1) is 9.22. The van der Waals surface area contributed by atoms with Crippen LogP contribution in [0.25, 0.3) is 11.0 Å². The van der Waals surface area contributed by atoms with Crippen molar-refractivity contribution in [1.82, 2.24) is 20.1 Å². The molecule has 2 heterocycles. The fourth-order valence-electron chi connectivity index (χ4n) is 2.03. The van der Waals surface area contributed by atoms with E-state index in [-0.39, 0.29) is 6.04 Å². The molecule has 0 fully saturated rings. The fraction of sp³-hybridized carbons (Fsp3) is 0.286. The van der Waals surface area contributed by atoms with Crippen LogP contribution in [-0.4, -0.2) is 14.8 Å². The molecular formula is C14H16N4O. The maximum Gasteiger partial charge on any atom is 0.164 e. The number of aromatic nitrogens is 3. The molecule has 1 atom stereocenters. The van der Waals surface area contributed by atoms with Crippen molar-refractivity contribution in [3.63, 3.8) is 0 Å². The second kappa shape index (κ2) is 4.85. The van der Waals surface area contributed by atoms with E-state index >= 15 is 0 Å². The van der Waals surface area contributed by atoms with Crippen molar-refractivity contribution in [1.29, 1.82) is 0 Å². The number of hydrogen-bond acceptors (Lipinski definition) is 4. The van der Waals surface area contributed by atoms with E-state index in [0.717, 1.165) is 22.6 Å². The smallest absolute Gasteiger partial charge is 0.164 e. The Morgan fingerprint density at radius 3 is 2.95 bits per heavy atom. The zero-order valence-electron chi connectivity index (χ0n) is 11.0. The molecule has 0 aliphatic heterocycles. The van der Waals surface area contributed by atoms with Crippen LogP contribution in [-0.2, 0) is 13.6 Å². The summed E-state index contributed by atoms with van der Waals surface area (Å²) in [5.74, 6) is 1.71. The van der Waals surface area contributed by atoms with Crippen LogP contribution in [0.1, 0.15) is 24.6 Å². The van der Waals surface area contributed by atoms with Crippen molar-refractivity contribution >= 4 is 11.0 Å². The lowest BCUT2D eigenvalue weighted by Crippen LogP contribution is -2.18. The maximum absolute atomic E-state index is 5.81. The first-order valence-corrected chi connectivity index (χ1v) is 6.29. The first-order valence-electron chi connectivity index (χ1n) is 6.29. The zero-order chi connectivity index (χ0) is 13.2. The summed E-state index contributed by atoms with van der Waals surface area (Å²) in [5, 5.41) is 8.72. The zero-order valence-corrected chi connectivity index (χ0v) is 11.0. The third-order valence-corrected chi connectivity index (χ3v) is 3.08. The minimum atomic E-state index is 0.121.